The first-order chi connectivity index (χ1) is 9.24. The maximum atomic E-state index is 13.7. The van der Waals surface area contributed by atoms with Crippen LogP contribution in [0.5, 0.6) is 0 Å². The fourth-order valence-electron chi connectivity index (χ4n) is 3.12. The summed E-state index contributed by atoms with van der Waals surface area (Å²) in [5.74, 6) is -0.0992. The molecule has 0 saturated carbocycles. The van der Waals surface area contributed by atoms with Gasteiger partial charge in [-0.15, -0.1) is 0 Å². The number of hydrogen-bond acceptors (Lipinski definition) is 3. The smallest absolute Gasteiger partial charge is 0.127 e. The lowest BCUT2D eigenvalue weighted by Crippen LogP contribution is -2.58. The molecule has 3 nitrogen and oxygen atoms in total. The standard InChI is InChI=1S/C15H21FN2O/c1-17-8-9-19-15-6-7-18(11-14(15)17)10-12-4-2-3-5-13(12)16/h2-5,14-15H,6-11H2,1H3/t14-,15-/m0/s1. The van der Waals surface area contributed by atoms with Crippen LogP contribution >= 0.6 is 0 Å². The minimum atomic E-state index is -0.0992. The van der Waals surface area contributed by atoms with Crippen LogP contribution in [-0.2, 0) is 11.3 Å². The van der Waals surface area contributed by atoms with Crippen LogP contribution in [0.3, 0.4) is 0 Å². The minimum Gasteiger partial charge on any atom is -0.375 e. The molecule has 2 aliphatic rings. The zero-order chi connectivity index (χ0) is 13.2. The van der Waals surface area contributed by atoms with Gasteiger partial charge in [0.15, 0.2) is 0 Å². The van der Waals surface area contributed by atoms with Gasteiger partial charge in [0, 0.05) is 37.8 Å². The van der Waals surface area contributed by atoms with Gasteiger partial charge in [0.25, 0.3) is 0 Å². The minimum absolute atomic E-state index is 0.0992. The Bertz CT molecular complexity index is 440. The van der Waals surface area contributed by atoms with Crippen molar-refractivity contribution in [2.24, 2.45) is 0 Å². The number of likely N-dealkylation sites (N-methyl/N-ethyl adjacent to an activating group) is 1. The van der Waals surface area contributed by atoms with E-state index in [0.29, 0.717) is 18.7 Å². The van der Waals surface area contributed by atoms with Crippen molar-refractivity contribution >= 4 is 0 Å². The molecular weight excluding hydrogens is 243 g/mol. The van der Waals surface area contributed by atoms with Crippen LogP contribution in [0.2, 0.25) is 0 Å². The molecule has 0 amide bonds. The molecule has 3 rings (SSSR count). The SMILES string of the molecule is CN1CCO[C@H]2CCN(Cc3ccccc3F)C[C@@H]21. The van der Waals surface area contributed by atoms with Gasteiger partial charge in [0.1, 0.15) is 5.82 Å². The van der Waals surface area contributed by atoms with Crippen molar-refractivity contribution < 1.29 is 9.13 Å². The molecule has 0 bridgehead atoms. The predicted octanol–water partition coefficient (Wildman–Crippen LogP) is 1.73. The lowest BCUT2D eigenvalue weighted by atomic mass is 9.98. The molecule has 2 saturated heterocycles. The highest BCUT2D eigenvalue weighted by Crippen LogP contribution is 2.23. The van der Waals surface area contributed by atoms with Crippen LogP contribution in [0.4, 0.5) is 4.39 Å². The van der Waals surface area contributed by atoms with Gasteiger partial charge in [-0.2, -0.15) is 0 Å². The van der Waals surface area contributed by atoms with E-state index in [4.69, 9.17) is 4.74 Å². The van der Waals surface area contributed by atoms with Gasteiger partial charge < -0.3 is 4.74 Å². The van der Waals surface area contributed by atoms with E-state index < -0.39 is 0 Å². The Morgan fingerprint density at radius 2 is 2.16 bits per heavy atom. The number of nitrogens with zero attached hydrogens (tertiary/aromatic N) is 2. The van der Waals surface area contributed by atoms with Crippen LogP contribution in [0, 0.1) is 5.82 Å². The maximum absolute atomic E-state index is 13.7. The van der Waals surface area contributed by atoms with Crippen LogP contribution in [0.25, 0.3) is 0 Å². The number of halogens is 1. The molecule has 0 radical (unpaired) electrons. The second-order valence-electron chi connectivity index (χ2n) is 5.57. The van der Waals surface area contributed by atoms with Crippen molar-refractivity contribution in [1.82, 2.24) is 9.80 Å². The van der Waals surface area contributed by atoms with Crippen molar-refractivity contribution in [3.8, 4) is 0 Å². The molecule has 0 spiro atoms. The van der Waals surface area contributed by atoms with E-state index in [0.717, 1.165) is 38.2 Å². The summed E-state index contributed by atoms with van der Waals surface area (Å²) in [5.41, 5.74) is 0.792. The maximum Gasteiger partial charge on any atom is 0.127 e. The Morgan fingerprint density at radius 3 is 3.00 bits per heavy atom. The summed E-state index contributed by atoms with van der Waals surface area (Å²) in [6.45, 7) is 4.49. The summed E-state index contributed by atoms with van der Waals surface area (Å²) in [6, 6.07) is 7.52. The summed E-state index contributed by atoms with van der Waals surface area (Å²) in [4.78, 5) is 4.71. The van der Waals surface area contributed by atoms with Gasteiger partial charge in [-0.1, -0.05) is 18.2 Å². The lowest BCUT2D eigenvalue weighted by molar-refractivity contribution is -0.0957. The van der Waals surface area contributed by atoms with Crippen LogP contribution in [-0.4, -0.2) is 55.2 Å². The highest BCUT2D eigenvalue weighted by molar-refractivity contribution is 5.17. The second-order valence-corrected chi connectivity index (χ2v) is 5.57. The Hall–Kier alpha value is -0.970. The first-order valence-electron chi connectivity index (χ1n) is 7.01. The fourth-order valence-corrected chi connectivity index (χ4v) is 3.12. The second kappa shape index (κ2) is 5.57. The van der Waals surface area contributed by atoms with E-state index in [-0.39, 0.29) is 5.82 Å². The quantitative estimate of drug-likeness (QED) is 0.809. The van der Waals surface area contributed by atoms with Gasteiger partial charge >= 0.3 is 0 Å². The first kappa shape index (κ1) is 13.0. The number of likely N-dealkylation sites (tertiary alicyclic amines) is 1. The van der Waals surface area contributed by atoms with Crippen molar-refractivity contribution in [2.45, 2.75) is 25.1 Å². The van der Waals surface area contributed by atoms with Crippen molar-refractivity contribution in [3.63, 3.8) is 0 Å². The van der Waals surface area contributed by atoms with E-state index in [1.165, 1.54) is 6.07 Å². The summed E-state index contributed by atoms with van der Waals surface area (Å²) >= 11 is 0. The van der Waals surface area contributed by atoms with E-state index in [2.05, 4.69) is 16.8 Å². The molecule has 2 aliphatic heterocycles. The van der Waals surface area contributed by atoms with E-state index >= 15 is 0 Å². The molecule has 4 heteroatoms. The molecule has 0 unspecified atom stereocenters. The molecule has 0 N–H and O–H groups in total. The molecule has 1 aromatic carbocycles. The molecule has 0 aliphatic carbocycles. The number of piperidine rings is 1. The third kappa shape index (κ3) is 2.81. The van der Waals surface area contributed by atoms with Crippen LogP contribution < -0.4 is 0 Å². The van der Waals surface area contributed by atoms with Gasteiger partial charge in [0.2, 0.25) is 0 Å². The highest BCUT2D eigenvalue weighted by Gasteiger charge is 2.35. The molecule has 2 heterocycles. The number of fused-ring (bicyclic) bond motifs is 1. The molecule has 0 aromatic heterocycles. The highest BCUT2D eigenvalue weighted by atomic mass is 19.1. The predicted molar refractivity (Wildman–Crippen MR) is 72.5 cm³/mol. The average molecular weight is 264 g/mol. The van der Waals surface area contributed by atoms with Crippen LogP contribution in [0.1, 0.15) is 12.0 Å². The molecular formula is C15H21FN2O. The van der Waals surface area contributed by atoms with Gasteiger partial charge in [-0.25, -0.2) is 4.39 Å². The normalized spacial score (nSPS) is 29.2. The monoisotopic (exact) mass is 264 g/mol. The third-order valence-electron chi connectivity index (χ3n) is 4.30. The van der Waals surface area contributed by atoms with Gasteiger partial charge in [-0.05, 0) is 19.5 Å². The molecule has 2 fully saturated rings. The van der Waals surface area contributed by atoms with E-state index in [1.807, 2.05) is 12.1 Å². The van der Waals surface area contributed by atoms with Gasteiger partial charge in [0.05, 0.1) is 12.7 Å². The number of rotatable bonds is 2. The number of hydrogen-bond donors (Lipinski definition) is 0. The molecule has 2 atom stereocenters. The van der Waals surface area contributed by atoms with E-state index in [1.54, 1.807) is 6.07 Å². The number of morpholine rings is 1. The number of ether oxygens (including phenoxy) is 1. The Labute approximate surface area is 114 Å². The third-order valence-corrected chi connectivity index (χ3v) is 4.30. The summed E-state index contributed by atoms with van der Waals surface area (Å²) in [5, 5.41) is 0. The zero-order valence-electron chi connectivity index (χ0n) is 11.4. The summed E-state index contributed by atoms with van der Waals surface area (Å²) in [6.07, 6.45) is 1.40. The van der Waals surface area contributed by atoms with Crippen LogP contribution in [0.15, 0.2) is 24.3 Å². The first-order valence-corrected chi connectivity index (χ1v) is 7.01. The van der Waals surface area contributed by atoms with Crippen molar-refractivity contribution in [1.29, 1.82) is 0 Å². The molecule has 104 valence electrons. The fraction of sp³-hybridized carbons (Fsp3) is 0.600. The topological polar surface area (TPSA) is 15.7 Å². The Morgan fingerprint density at radius 1 is 1.32 bits per heavy atom. The van der Waals surface area contributed by atoms with Crippen molar-refractivity contribution in [2.75, 3.05) is 33.3 Å². The average Bonchev–Trinajstić information content (AvgIpc) is 2.42. The van der Waals surface area contributed by atoms with E-state index in [9.17, 15) is 4.39 Å². The molecule has 19 heavy (non-hydrogen) atoms. The summed E-state index contributed by atoms with van der Waals surface area (Å²) in [7, 11) is 2.16. The Kier molecular flexibility index (Phi) is 3.82. The molecule has 1 aromatic rings. The largest absolute Gasteiger partial charge is 0.375 e. The summed E-state index contributed by atoms with van der Waals surface area (Å²) < 4.78 is 19.5. The Balaban J connectivity index is 1.66. The lowest BCUT2D eigenvalue weighted by Gasteiger charge is -2.45. The van der Waals surface area contributed by atoms with Gasteiger partial charge in [-0.3, -0.25) is 9.80 Å². The zero-order valence-corrected chi connectivity index (χ0v) is 11.4. The van der Waals surface area contributed by atoms with Crippen molar-refractivity contribution in [3.05, 3.63) is 35.6 Å². The number of benzene rings is 1.